The van der Waals surface area contributed by atoms with Crippen molar-refractivity contribution >= 4 is 16.9 Å². The third-order valence-electron chi connectivity index (χ3n) is 5.04. The smallest absolute Gasteiger partial charge is 0.158 e. The molecule has 1 N–H and O–H groups in total. The molecule has 2 fully saturated rings. The maximum Gasteiger partial charge on any atom is 0.158 e. The molecular weight excluding hydrogens is 278 g/mol. The predicted octanol–water partition coefficient (Wildman–Crippen LogP) is 4.00. The van der Waals surface area contributed by atoms with Gasteiger partial charge in [0.25, 0.3) is 0 Å². The van der Waals surface area contributed by atoms with Crippen LogP contribution in [0.2, 0.25) is 0 Å². The Bertz CT molecular complexity index is 516. The molecule has 0 radical (unpaired) electrons. The fourth-order valence-corrected chi connectivity index (χ4v) is 4.94. The van der Waals surface area contributed by atoms with Crippen molar-refractivity contribution in [3.05, 3.63) is 30.1 Å². The second-order valence-electron chi connectivity index (χ2n) is 6.97. The molecule has 0 unspecified atom stereocenters. The van der Waals surface area contributed by atoms with E-state index in [2.05, 4.69) is 31.1 Å². The average molecular weight is 303 g/mol. The summed E-state index contributed by atoms with van der Waals surface area (Å²) in [6, 6.07) is 6.00. The number of rotatable bonds is 2. The molecule has 0 amide bonds. The van der Waals surface area contributed by atoms with Crippen molar-refractivity contribution in [2.75, 3.05) is 0 Å². The van der Waals surface area contributed by atoms with Gasteiger partial charge < -0.3 is 5.32 Å². The molecule has 1 aromatic rings. The van der Waals surface area contributed by atoms with Gasteiger partial charge in [-0.3, -0.25) is 9.98 Å². The monoisotopic (exact) mass is 303 g/mol. The Labute approximate surface area is 132 Å². The third kappa shape index (κ3) is 2.96. The van der Waals surface area contributed by atoms with Crippen molar-refractivity contribution in [3.63, 3.8) is 0 Å². The lowest BCUT2D eigenvalue weighted by atomic mass is 9.73. The Morgan fingerprint density at radius 2 is 2.10 bits per heavy atom. The largest absolute Gasteiger partial charge is 0.359 e. The molecule has 0 aromatic carbocycles. The van der Waals surface area contributed by atoms with E-state index in [4.69, 9.17) is 4.99 Å². The lowest BCUT2D eigenvalue weighted by Gasteiger charge is -2.43. The third-order valence-corrected chi connectivity index (χ3v) is 6.78. The lowest BCUT2D eigenvalue weighted by Crippen LogP contribution is -2.52. The zero-order chi connectivity index (χ0) is 14.9. The van der Waals surface area contributed by atoms with Crippen LogP contribution in [0.5, 0.6) is 0 Å². The van der Waals surface area contributed by atoms with Gasteiger partial charge in [0, 0.05) is 16.5 Å². The van der Waals surface area contributed by atoms with Crippen LogP contribution in [0.15, 0.2) is 29.4 Å². The van der Waals surface area contributed by atoms with E-state index in [1.807, 2.05) is 36.2 Å². The zero-order valence-electron chi connectivity index (χ0n) is 13.2. The van der Waals surface area contributed by atoms with E-state index in [0.29, 0.717) is 11.3 Å². The average Bonchev–Trinajstić information content (AvgIpc) is 2.72. The second-order valence-corrected chi connectivity index (χ2v) is 8.34. The van der Waals surface area contributed by atoms with E-state index in [1.54, 1.807) is 0 Å². The molecule has 1 spiro atoms. The van der Waals surface area contributed by atoms with Gasteiger partial charge in [0.2, 0.25) is 0 Å². The molecule has 2 aliphatic rings. The first-order valence-electron chi connectivity index (χ1n) is 7.92. The highest BCUT2D eigenvalue weighted by molar-refractivity contribution is 8.15. The SMILES string of the molecule is CC1CCC2(CC1)SC(=NCc1ccccn1)NC2(C)C. The van der Waals surface area contributed by atoms with Gasteiger partial charge in [-0.05, 0) is 57.6 Å². The molecule has 4 heteroatoms. The Hall–Kier alpha value is -1.03. The van der Waals surface area contributed by atoms with Crippen molar-refractivity contribution in [1.82, 2.24) is 10.3 Å². The molecule has 0 bridgehead atoms. The highest BCUT2D eigenvalue weighted by Crippen LogP contribution is 2.52. The Morgan fingerprint density at radius 1 is 1.33 bits per heavy atom. The predicted molar refractivity (Wildman–Crippen MR) is 90.5 cm³/mol. The number of nitrogens with zero attached hydrogens (tertiary/aromatic N) is 2. The van der Waals surface area contributed by atoms with E-state index in [9.17, 15) is 0 Å². The van der Waals surface area contributed by atoms with Crippen molar-refractivity contribution in [2.45, 2.75) is 63.3 Å². The molecule has 1 aromatic heterocycles. The number of thioether (sulfide) groups is 1. The van der Waals surface area contributed by atoms with Crippen LogP contribution in [0.4, 0.5) is 0 Å². The number of amidine groups is 1. The fraction of sp³-hybridized carbons (Fsp3) is 0.647. The first kappa shape index (κ1) is 14.9. The van der Waals surface area contributed by atoms with Crippen LogP contribution in [0.3, 0.4) is 0 Å². The summed E-state index contributed by atoms with van der Waals surface area (Å²) < 4.78 is 0.322. The standard InChI is InChI=1S/C17H25N3S/c1-13-7-9-17(10-8-13)16(2,3)20-15(21-17)19-12-14-6-4-5-11-18-14/h4-6,11,13H,7-10,12H2,1-3H3,(H,19,20). The Morgan fingerprint density at radius 3 is 2.76 bits per heavy atom. The molecule has 1 aliphatic carbocycles. The molecule has 1 aliphatic heterocycles. The van der Waals surface area contributed by atoms with Crippen LogP contribution >= 0.6 is 11.8 Å². The van der Waals surface area contributed by atoms with Gasteiger partial charge in [-0.15, -0.1) is 0 Å². The van der Waals surface area contributed by atoms with Crippen LogP contribution in [-0.2, 0) is 6.54 Å². The van der Waals surface area contributed by atoms with Gasteiger partial charge in [0.1, 0.15) is 0 Å². The van der Waals surface area contributed by atoms with Crippen LogP contribution < -0.4 is 5.32 Å². The molecule has 1 saturated heterocycles. The van der Waals surface area contributed by atoms with Crippen molar-refractivity contribution in [3.8, 4) is 0 Å². The van der Waals surface area contributed by atoms with Crippen LogP contribution in [0.1, 0.15) is 52.1 Å². The Kier molecular flexibility index (Phi) is 4.00. The van der Waals surface area contributed by atoms with Crippen LogP contribution in [0, 0.1) is 5.92 Å². The maximum atomic E-state index is 4.76. The molecule has 1 saturated carbocycles. The van der Waals surface area contributed by atoms with Crippen molar-refractivity contribution in [2.24, 2.45) is 10.9 Å². The topological polar surface area (TPSA) is 37.3 Å². The zero-order valence-corrected chi connectivity index (χ0v) is 14.0. The van der Waals surface area contributed by atoms with E-state index in [-0.39, 0.29) is 5.54 Å². The van der Waals surface area contributed by atoms with Gasteiger partial charge in [0.05, 0.1) is 12.2 Å². The van der Waals surface area contributed by atoms with Gasteiger partial charge in [-0.1, -0.05) is 24.8 Å². The molecule has 21 heavy (non-hydrogen) atoms. The summed E-state index contributed by atoms with van der Waals surface area (Å²) >= 11 is 1.97. The number of hydrogen-bond acceptors (Lipinski definition) is 3. The molecule has 3 rings (SSSR count). The number of pyridine rings is 1. The normalized spacial score (nSPS) is 33.3. The summed E-state index contributed by atoms with van der Waals surface area (Å²) in [4.78, 5) is 9.11. The summed E-state index contributed by atoms with van der Waals surface area (Å²) in [6.45, 7) is 7.71. The van der Waals surface area contributed by atoms with Gasteiger partial charge in [-0.2, -0.15) is 0 Å². The van der Waals surface area contributed by atoms with E-state index in [1.165, 1.54) is 25.7 Å². The molecule has 3 nitrogen and oxygen atoms in total. The van der Waals surface area contributed by atoms with E-state index < -0.39 is 0 Å². The minimum Gasteiger partial charge on any atom is -0.359 e. The summed E-state index contributed by atoms with van der Waals surface area (Å²) in [7, 11) is 0. The van der Waals surface area contributed by atoms with Gasteiger partial charge in [-0.25, -0.2) is 0 Å². The van der Waals surface area contributed by atoms with Gasteiger partial charge in [0.15, 0.2) is 5.17 Å². The minimum absolute atomic E-state index is 0.126. The van der Waals surface area contributed by atoms with Crippen LogP contribution in [-0.4, -0.2) is 20.4 Å². The number of aliphatic imine (C=N–C) groups is 1. The number of hydrogen-bond donors (Lipinski definition) is 1. The molecular formula is C17H25N3S. The quantitative estimate of drug-likeness (QED) is 0.897. The summed E-state index contributed by atoms with van der Waals surface area (Å²) in [5.41, 5.74) is 1.16. The Balaban J connectivity index is 1.72. The number of nitrogens with one attached hydrogen (secondary N) is 1. The van der Waals surface area contributed by atoms with E-state index >= 15 is 0 Å². The van der Waals surface area contributed by atoms with Crippen molar-refractivity contribution < 1.29 is 0 Å². The highest BCUT2D eigenvalue weighted by atomic mass is 32.2. The summed E-state index contributed by atoms with van der Waals surface area (Å²) in [5.74, 6) is 0.876. The molecule has 114 valence electrons. The fourth-order valence-electron chi connectivity index (χ4n) is 3.39. The lowest BCUT2D eigenvalue weighted by molar-refractivity contribution is 0.231. The minimum atomic E-state index is 0.126. The van der Waals surface area contributed by atoms with E-state index in [0.717, 1.165) is 16.8 Å². The van der Waals surface area contributed by atoms with Crippen LogP contribution in [0.25, 0.3) is 0 Å². The molecule has 2 heterocycles. The summed E-state index contributed by atoms with van der Waals surface area (Å²) in [6.07, 6.45) is 7.10. The molecule has 0 atom stereocenters. The highest BCUT2D eigenvalue weighted by Gasteiger charge is 2.53. The maximum absolute atomic E-state index is 4.76. The van der Waals surface area contributed by atoms with Gasteiger partial charge >= 0.3 is 0 Å². The first-order chi connectivity index (χ1) is 10.0. The summed E-state index contributed by atoms with van der Waals surface area (Å²) in [5, 5.41) is 4.76. The number of aromatic nitrogens is 1. The first-order valence-corrected chi connectivity index (χ1v) is 8.74. The van der Waals surface area contributed by atoms with Crippen molar-refractivity contribution in [1.29, 1.82) is 0 Å². The second kappa shape index (κ2) is 5.64.